The molecule has 0 atom stereocenters. The van der Waals surface area contributed by atoms with Crippen LogP contribution in [-0.2, 0) is 6.42 Å². The molecule has 1 aromatic carbocycles. The van der Waals surface area contributed by atoms with E-state index < -0.39 is 0 Å². The zero-order chi connectivity index (χ0) is 9.84. The maximum atomic E-state index is 5.47. The highest BCUT2D eigenvalue weighted by Gasteiger charge is 1.99. The second kappa shape index (κ2) is 4.48. The largest absolute Gasteiger partial charge is 0.0933 e. The number of rotatable bonds is 2. The number of aryl methyl sites for hydroxylation is 2. The van der Waals surface area contributed by atoms with Crippen molar-refractivity contribution in [2.45, 2.75) is 20.3 Å². The third-order valence-corrected chi connectivity index (χ3v) is 2.38. The van der Waals surface area contributed by atoms with Gasteiger partial charge in [0, 0.05) is 5.54 Å². The lowest BCUT2D eigenvalue weighted by Crippen LogP contribution is -1.90. The van der Waals surface area contributed by atoms with Gasteiger partial charge in [-0.15, -0.1) is 0 Å². The van der Waals surface area contributed by atoms with Crippen LogP contribution >= 0.6 is 11.6 Å². The number of hydrogen-bond acceptors (Lipinski definition) is 0. The molecule has 0 aliphatic carbocycles. The molecule has 0 fully saturated rings. The molecule has 0 aromatic heterocycles. The maximum Gasteiger partial charge on any atom is 0.000580 e. The quantitative estimate of drug-likeness (QED) is 0.671. The summed E-state index contributed by atoms with van der Waals surface area (Å²) in [6.45, 7) is 8.17. The van der Waals surface area contributed by atoms with Gasteiger partial charge in [-0.1, -0.05) is 29.8 Å². The molecule has 1 rings (SSSR count). The Morgan fingerprint density at radius 2 is 1.85 bits per heavy atom. The predicted octanol–water partition coefficient (Wildman–Crippen LogP) is 3.78. The minimum absolute atomic E-state index is 0.894. The van der Waals surface area contributed by atoms with Crippen molar-refractivity contribution in [2.75, 3.05) is 0 Å². The van der Waals surface area contributed by atoms with Crippen molar-refractivity contribution in [3.05, 3.63) is 52.9 Å². The van der Waals surface area contributed by atoms with E-state index in [-0.39, 0.29) is 0 Å². The highest BCUT2D eigenvalue weighted by molar-refractivity contribution is 6.25. The van der Waals surface area contributed by atoms with Crippen molar-refractivity contribution in [1.82, 2.24) is 0 Å². The van der Waals surface area contributed by atoms with Crippen LogP contribution in [0.2, 0.25) is 0 Å². The first-order valence-electron chi connectivity index (χ1n) is 4.32. The molecule has 69 valence electrons. The molecule has 0 saturated heterocycles. The first kappa shape index (κ1) is 10.3. The van der Waals surface area contributed by atoms with Gasteiger partial charge >= 0.3 is 0 Å². The summed E-state index contributed by atoms with van der Waals surface area (Å²) in [5, 5.41) is 0. The van der Waals surface area contributed by atoms with Crippen LogP contribution in [-0.4, -0.2) is 0 Å². The normalized spacial score (nSPS) is 11.1. The Hall–Kier alpha value is -0.750. The standard InChI is InChI=1S/C12H14Cl/c1-9-7-12(5-4-6-13)8-10(2)11(9)3/h4,6-8H,3,5H2,1-2H3/b6-4-. The minimum Gasteiger partial charge on any atom is -0.0933 e. The Labute approximate surface area is 85.2 Å². The van der Waals surface area contributed by atoms with Crippen molar-refractivity contribution in [3.63, 3.8) is 0 Å². The molecule has 0 nitrogen and oxygen atoms in total. The number of benzene rings is 1. The van der Waals surface area contributed by atoms with Crippen molar-refractivity contribution in [2.24, 2.45) is 0 Å². The van der Waals surface area contributed by atoms with E-state index in [1.165, 1.54) is 16.7 Å². The van der Waals surface area contributed by atoms with E-state index in [1.54, 1.807) is 5.54 Å². The topological polar surface area (TPSA) is 0 Å². The number of allylic oxidation sites excluding steroid dienone is 1. The zero-order valence-corrected chi connectivity index (χ0v) is 8.86. The summed E-state index contributed by atoms with van der Waals surface area (Å²) >= 11 is 5.47. The van der Waals surface area contributed by atoms with Gasteiger partial charge in [-0.2, -0.15) is 0 Å². The van der Waals surface area contributed by atoms with E-state index in [4.69, 9.17) is 11.6 Å². The lowest BCUT2D eigenvalue weighted by Gasteiger charge is -2.06. The average Bonchev–Trinajstić information content (AvgIpc) is 2.10. The average molecular weight is 194 g/mol. The van der Waals surface area contributed by atoms with E-state index in [9.17, 15) is 0 Å². The van der Waals surface area contributed by atoms with Gasteiger partial charge in [-0.3, -0.25) is 0 Å². The Kier molecular flexibility index (Phi) is 3.56. The third kappa shape index (κ3) is 2.60. The van der Waals surface area contributed by atoms with Crippen LogP contribution in [0.5, 0.6) is 0 Å². The molecule has 0 amide bonds. The highest BCUT2D eigenvalue weighted by atomic mass is 35.5. The molecule has 0 N–H and O–H groups in total. The molecule has 1 radical (unpaired) electrons. The van der Waals surface area contributed by atoms with Crippen LogP contribution in [0.1, 0.15) is 22.3 Å². The molecule has 0 aliphatic rings. The SMILES string of the molecule is [CH2]c1c(C)cc(C/C=C\Cl)cc1C. The summed E-state index contributed by atoms with van der Waals surface area (Å²) in [5.41, 5.74) is 6.48. The first-order chi connectivity index (χ1) is 6.15. The Bertz CT molecular complexity index is 301. The van der Waals surface area contributed by atoms with E-state index in [2.05, 4.69) is 32.9 Å². The summed E-state index contributed by atoms with van der Waals surface area (Å²) in [7, 11) is 0. The molecule has 0 saturated carbocycles. The Morgan fingerprint density at radius 3 is 2.31 bits per heavy atom. The summed E-state index contributed by atoms with van der Waals surface area (Å²) in [6.07, 6.45) is 2.84. The fourth-order valence-corrected chi connectivity index (χ4v) is 1.47. The molecule has 1 aromatic rings. The van der Waals surface area contributed by atoms with Crippen molar-refractivity contribution in [1.29, 1.82) is 0 Å². The number of hydrogen-bond donors (Lipinski definition) is 0. The lowest BCUT2D eigenvalue weighted by atomic mass is 9.99. The van der Waals surface area contributed by atoms with Gasteiger partial charge < -0.3 is 0 Å². The van der Waals surface area contributed by atoms with E-state index in [0.29, 0.717) is 0 Å². The van der Waals surface area contributed by atoms with E-state index in [0.717, 1.165) is 12.0 Å². The summed E-state index contributed by atoms with van der Waals surface area (Å²) in [6, 6.07) is 4.32. The molecule has 0 spiro atoms. The van der Waals surface area contributed by atoms with Gasteiger partial charge in [0.25, 0.3) is 0 Å². The predicted molar refractivity (Wildman–Crippen MR) is 59.1 cm³/mol. The van der Waals surface area contributed by atoms with Crippen molar-refractivity contribution < 1.29 is 0 Å². The molecule has 13 heavy (non-hydrogen) atoms. The van der Waals surface area contributed by atoms with Gasteiger partial charge in [-0.25, -0.2) is 0 Å². The van der Waals surface area contributed by atoms with Gasteiger partial charge in [0.05, 0.1) is 0 Å². The molecule has 0 unspecified atom stereocenters. The molecular formula is C12H14Cl. The van der Waals surface area contributed by atoms with Gasteiger partial charge in [0.2, 0.25) is 0 Å². The van der Waals surface area contributed by atoms with Crippen molar-refractivity contribution in [3.8, 4) is 0 Å². The van der Waals surface area contributed by atoms with Crippen LogP contribution in [0.3, 0.4) is 0 Å². The second-order valence-corrected chi connectivity index (χ2v) is 3.53. The van der Waals surface area contributed by atoms with Crippen LogP contribution in [0.15, 0.2) is 23.7 Å². The molecule has 1 heteroatoms. The van der Waals surface area contributed by atoms with Crippen LogP contribution in [0.25, 0.3) is 0 Å². The highest BCUT2D eigenvalue weighted by Crippen LogP contribution is 2.15. The fourth-order valence-electron chi connectivity index (χ4n) is 1.38. The Morgan fingerprint density at radius 1 is 1.31 bits per heavy atom. The Balaban J connectivity index is 2.99. The second-order valence-electron chi connectivity index (χ2n) is 3.27. The van der Waals surface area contributed by atoms with E-state index in [1.807, 2.05) is 6.08 Å². The van der Waals surface area contributed by atoms with Crippen LogP contribution in [0, 0.1) is 20.8 Å². The molecule has 0 aliphatic heterocycles. The van der Waals surface area contributed by atoms with Gasteiger partial charge in [-0.05, 0) is 49.4 Å². The fraction of sp³-hybridized carbons (Fsp3) is 0.250. The molecule has 0 heterocycles. The lowest BCUT2D eigenvalue weighted by molar-refractivity contribution is 1.21. The third-order valence-electron chi connectivity index (χ3n) is 2.20. The van der Waals surface area contributed by atoms with Gasteiger partial charge in [0.15, 0.2) is 0 Å². The smallest absolute Gasteiger partial charge is 0.000580 e. The first-order valence-corrected chi connectivity index (χ1v) is 4.76. The van der Waals surface area contributed by atoms with Crippen LogP contribution < -0.4 is 0 Å². The summed E-state index contributed by atoms with van der Waals surface area (Å²) < 4.78 is 0. The van der Waals surface area contributed by atoms with Crippen molar-refractivity contribution >= 4 is 11.6 Å². The molecular weight excluding hydrogens is 180 g/mol. The monoisotopic (exact) mass is 193 g/mol. The maximum absolute atomic E-state index is 5.47. The zero-order valence-electron chi connectivity index (χ0n) is 8.10. The minimum atomic E-state index is 0.894. The summed E-state index contributed by atoms with van der Waals surface area (Å²) in [5.74, 6) is 0. The summed E-state index contributed by atoms with van der Waals surface area (Å²) in [4.78, 5) is 0. The molecule has 0 bridgehead atoms. The van der Waals surface area contributed by atoms with E-state index >= 15 is 0 Å². The number of halogens is 1. The van der Waals surface area contributed by atoms with Gasteiger partial charge in [0.1, 0.15) is 0 Å². The van der Waals surface area contributed by atoms with Crippen LogP contribution in [0.4, 0.5) is 0 Å².